The maximum Gasteiger partial charge on any atom is 0.208 e. The van der Waals surface area contributed by atoms with Gasteiger partial charge >= 0.3 is 0 Å². The molecule has 2 atom stereocenters. The Bertz CT molecular complexity index is 1350. The smallest absolute Gasteiger partial charge is 0.208 e. The Morgan fingerprint density at radius 2 is 1.60 bits per heavy atom. The van der Waals surface area contributed by atoms with Gasteiger partial charge in [0.2, 0.25) is 10.0 Å². The van der Waals surface area contributed by atoms with Crippen LogP contribution in [0.1, 0.15) is 35.4 Å². The molecule has 0 spiro atoms. The molecule has 1 aliphatic heterocycles. The van der Waals surface area contributed by atoms with Crippen LogP contribution in [0.25, 0.3) is 0 Å². The third-order valence-electron chi connectivity index (χ3n) is 7.29. The lowest BCUT2D eigenvalue weighted by atomic mass is 9.88. The summed E-state index contributed by atoms with van der Waals surface area (Å²) in [5.41, 5.74) is 3.23. The molecule has 4 rings (SSSR count). The number of hydrogen-bond donors (Lipinski definition) is 2. The minimum atomic E-state index is -3.22. The second kappa shape index (κ2) is 17.2. The number of piperidine rings is 1. The molecule has 3 aromatic carbocycles. The molecule has 1 aliphatic rings. The van der Waals surface area contributed by atoms with Crippen LogP contribution in [0.5, 0.6) is 17.2 Å². The highest BCUT2D eigenvalue weighted by Gasteiger charge is 2.27. The van der Waals surface area contributed by atoms with Crippen LogP contribution in [0.2, 0.25) is 0 Å². The van der Waals surface area contributed by atoms with E-state index in [1.165, 1.54) is 5.56 Å². The normalized spacial score (nSPS) is 17.0. The predicted octanol–water partition coefficient (Wildman–Crippen LogP) is 4.31. The van der Waals surface area contributed by atoms with Crippen molar-refractivity contribution in [2.75, 3.05) is 59.4 Å². The van der Waals surface area contributed by atoms with E-state index in [4.69, 9.17) is 23.7 Å². The van der Waals surface area contributed by atoms with Crippen LogP contribution in [0.15, 0.2) is 72.8 Å². The molecule has 0 saturated carbocycles. The van der Waals surface area contributed by atoms with Gasteiger partial charge < -0.3 is 29.0 Å². The largest absolute Gasteiger partial charge is 0.496 e. The van der Waals surface area contributed by atoms with Gasteiger partial charge in [0.15, 0.2) is 0 Å². The molecule has 10 heteroatoms. The van der Waals surface area contributed by atoms with Gasteiger partial charge in [-0.25, -0.2) is 13.1 Å². The van der Waals surface area contributed by atoms with Crippen LogP contribution in [0.3, 0.4) is 0 Å². The minimum Gasteiger partial charge on any atom is -0.496 e. The summed E-state index contributed by atoms with van der Waals surface area (Å²) >= 11 is 0. The topological polar surface area (TPSA) is 104 Å². The number of rotatable bonds is 18. The van der Waals surface area contributed by atoms with Crippen molar-refractivity contribution in [1.29, 1.82) is 0 Å². The van der Waals surface area contributed by atoms with Crippen LogP contribution in [-0.2, 0) is 32.5 Å². The van der Waals surface area contributed by atoms with Gasteiger partial charge in [-0.1, -0.05) is 48.5 Å². The van der Waals surface area contributed by atoms with E-state index in [1.54, 1.807) is 7.11 Å². The molecule has 2 N–H and O–H groups in total. The molecule has 9 nitrogen and oxygen atoms in total. The molecule has 1 heterocycles. The molecule has 43 heavy (non-hydrogen) atoms. The SMILES string of the molecule is COc1ccccc1COCCCOc1ccc([C@H]2CCNC[C@@H]2OCCOc2ccccc2CCNS(C)(=O)=O)cc1. The molecule has 1 fully saturated rings. The number of ether oxygens (including phenoxy) is 5. The second-order valence-corrected chi connectivity index (χ2v) is 12.3. The fourth-order valence-corrected chi connectivity index (χ4v) is 5.60. The second-order valence-electron chi connectivity index (χ2n) is 10.5. The van der Waals surface area contributed by atoms with E-state index in [0.717, 1.165) is 60.6 Å². The first-order chi connectivity index (χ1) is 20.9. The molecule has 0 unspecified atom stereocenters. The highest BCUT2D eigenvalue weighted by molar-refractivity contribution is 7.88. The first-order valence-electron chi connectivity index (χ1n) is 14.8. The van der Waals surface area contributed by atoms with Gasteiger partial charge in [-0.15, -0.1) is 0 Å². The Balaban J connectivity index is 1.17. The Morgan fingerprint density at radius 1 is 0.860 bits per heavy atom. The van der Waals surface area contributed by atoms with Crippen LogP contribution in [0.4, 0.5) is 0 Å². The van der Waals surface area contributed by atoms with Crippen molar-refractivity contribution < 1.29 is 32.1 Å². The average molecular weight is 613 g/mol. The van der Waals surface area contributed by atoms with E-state index in [-0.39, 0.29) is 12.0 Å². The van der Waals surface area contributed by atoms with E-state index >= 15 is 0 Å². The highest BCUT2D eigenvalue weighted by Crippen LogP contribution is 2.29. The zero-order valence-electron chi connectivity index (χ0n) is 25.1. The molecule has 234 valence electrons. The third kappa shape index (κ3) is 11.1. The summed E-state index contributed by atoms with van der Waals surface area (Å²) in [6, 6.07) is 23.9. The van der Waals surface area contributed by atoms with Crippen molar-refractivity contribution in [3.8, 4) is 17.2 Å². The van der Waals surface area contributed by atoms with Crippen LogP contribution in [0, 0.1) is 0 Å². The van der Waals surface area contributed by atoms with Crippen molar-refractivity contribution in [2.45, 2.75) is 37.9 Å². The van der Waals surface area contributed by atoms with Gasteiger partial charge in [-0.3, -0.25) is 0 Å². The number of nitrogens with one attached hydrogen (secondary N) is 2. The molecule has 1 saturated heterocycles. The molecular weight excluding hydrogens is 568 g/mol. The van der Waals surface area contributed by atoms with Crippen molar-refractivity contribution in [2.24, 2.45) is 0 Å². The molecule has 0 aliphatic carbocycles. The Morgan fingerprint density at radius 3 is 2.37 bits per heavy atom. The first-order valence-corrected chi connectivity index (χ1v) is 16.7. The van der Waals surface area contributed by atoms with Gasteiger partial charge in [-0.2, -0.15) is 0 Å². The fourth-order valence-electron chi connectivity index (χ4n) is 5.13. The summed E-state index contributed by atoms with van der Waals surface area (Å²) in [4.78, 5) is 0. The van der Waals surface area contributed by atoms with Crippen molar-refractivity contribution in [3.05, 3.63) is 89.5 Å². The Hall–Kier alpha value is -3.15. The lowest BCUT2D eigenvalue weighted by Gasteiger charge is -2.32. The molecule has 3 aromatic rings. The van der Waals surface area contributed by atoms with E-state index in [2.05, 4.69) is 22.2 Å². The Kier molecular flexibility index (Phi) is 13.1. The lowest BCUT2D eigenvalue weighted by molar-refractivity contribution is 0.00721. The number of para-hydroxylation sites is 2. The van der Waals surface area contributed by atoms with Gasteiger partial charge in [0, 0.05) is 31.0 Å². The maximum absolute atomic E-state index is 11.4. The van der Waals surface area contributed by atoms with Crippen LogP contribution in [-0.4, -0.2) is 73.9 Å². The minimum absolute atomic E-state index is 0.0405. The average Bonchev–Trinajstić information content (AvgIpc) is 3.02. The summed E-state index contributed by atoms with van der Waals surface area (Å²) in [7, 11) is -1.55. The van der Waals surface area contributed by atoms with Crippen molar-refractivity contribution >= 4 is 10.0 Å². The molecular formula is C33H44N2O7S. The first kappa shape index (κ1) is 32.8. The molecule has 0 amide bonds. The van der Waals surface area contributed by atoms with Gasteiger partial charge in [0.05, 0.1) is 45.9 Å². The van der Waals surface area contributed by atoms with Gasteiger partial charge in [-0.05, 0) is 54.8 Å². The molecule has 0 radical (unpaired) electrons. The summed E-state index contributed by atoms with van der Waals surface area (Å²) in [5.74, 6) is 2.72. The zero-order chi connectivity index (χ0) is 30.3. The van der Waals surface area contributed by atoms with Crippen LogP contribution < -0.4 is 24.2 Å². The van der Waals surface area contributed by atoms with E-state index in [1.807, 2.05) is 60.7 Å². The van der Waals surface area contributed by atoms with E-state index < -0.39 is 10.0 Å². The van der Waals surface area contributed by atoms with Crippen LogP contribution >= 0.6 is 0 Å². The third-order valence-corrected chi connectivity index (χ3v) is 8.02. The molecule has 0 bridgehead atoms. The van der Waals surface area contributed by atoms with Gasteiger partial charge in [0.25, 0.3) is 0 Å². The monoisotopic (exact) mass is 612 g/mol. The number of hydrogen-bond acceptors (Lipinski definition) is 8. The Labute approximate surface area is 255 Å². The quantitative estimate of drug-likeness (QED) is 0.205. The number of sulfonamides is 1. The van der Waals surface area contributed by atoms with Crippen molar-refractivity contribution in [3.63, 3.8) is 0 Å². The molecule has 0 aromatic heterocycles. The summed E-state index contributed by atoms with van der Waals surface area (Å²) < 4.78 is 54.7. The number of benzene rings is 3. The number of methoxy groups -OCH3 is 1. The fraction of sp³-hybridized carbons (Fsp3) is 0.455. The summed E-state index contributed by atoms with van der Waals surface area (Å²) in [6.07, 6.45) is 3.54. The lowest BCUT2D eigenvalue weighted by Crippen LogP contribution is -2.41. The maximum atomic E-state index is 11.4. The zero-order valence-corrected chi connectivity index (χ0v) is 25.9. The summed E-state index contributed by atoms with van der Waals surface area (Å²) in [5, 5.41) is 3.44. The van der Waals surface area contributed by atoms with Crippen molar-refractivity contribution in [1.82, 2.24) is 10.0 Å². The standard InChI is InChI=1S/C33H44N2O7S/c1-38-31-10-5-4-9-28(31)25-39-20-7-21-40-29-14-12-26(13-15-29)30-17-18-34-24-33(30)42-23-22-41-32-11-6-3-8-27(32)16-19-35-43(2,36)37/h3-6,8-15,30,33-35H,7,16-25H2,1-2H3/t30-,33+/m1/s1. The van der Waals surface area contributed by atoms with E-state index in [9.17, 15) is 8.42 Å². The van der Waals surface area contributed by atoms with Gasteiger partial charge in [0.1, 0.15) is 23.9 Å². The predicted molar refractivity (Wildman–Crippen MR) is 168 cm³/mol. The van der Waals surface area contributed by atoms with E-state index in [0.29, 0.717) is 46.0 Å². The summed E-state index contributed by atoms with van der Waals surface area (Å²) in [6.45, 7) is 4.64. The highest BCUT2D eigenvalue weighted by atomic mass is 32.2.